The second-order valence-electron chi connectivity index (χ2n) is 8.35. The minimum Gasteiger partial charge on any atom is -0.495 e. The fourth-order valence-electron chi connectivity index (χ4n) is 4.23. The zero-order valence-electron chi connectivity index (χ0n) is 20.4. The van der Waals surface area contributed by atoms with E-state index in [1.54, 1.807) is 34.8 Å². The summed E-state index contributed by atoms with van der Waals surface area (Å²) in [4.78, 5) is 33.6. The van der Waals surface area contributed by atoms with E-state index in [0.29, 0.717) is 34.7 Å². The number of hydrogen-bond acceptors (Lipinski definition) is 4. The molecule has 0 radical (unpaired) electrons. The number of rotatable bonds is 7. The summed E-state index contributed by atoms with van der Waals surface area (Å²) in [7, 11) is 1.58. The number of nitrogens with zero attached hydrogens (tertiary/aromatic N) is 3. The molecule has 0 aliphatic rings. The van der Waals surface area contributed by atoms with Gasteiger partial charge in [0.2, 0.25) is 5.91 Å². The van der Waals surface area contributed by atoms with Crippen LogP contribution in [-0.2, 0) is 4.79 Å². The van der Waals surface area contributed by atoms with Gasteiger partial charge in [0.1, 0.15) is 11.6 Å². The molecule has 6 heteroatoms. The predicted octanol–water partition coefficient (Wildman–Crippen LogP) is 5.33. The molecular weight excluding hydrogens is 438 g/mol. The number of aromatic nitrogens is 2. The van der Waals surface area contributed by atoms with Gasteiger partial charge in [-0.2, -0.15) is 0 Å². The Labute approximate surface area is 205 Å². The Balaban J connectivity index is 1.86. The molecule has 1 amide bonds. The quantitative estimate of drug-likeness (QED) is 0.345. The number of methoxy groups -OCH3 is 1. The summed E-state index contributed by atoms with van der Waals surface area (Å²) in [5.74, 6) is 0.872. The van der Waals surface area contributed by atoms with Crippen LogP contribution in [0.4, 0.5) is 0 Å². The first kappa shape index (κ1) is 24.0. The lowest BCUT2D eigenvalue weighted by molar-refractivity contribution is -0.128. The van der Waals surface area contributed by atoms with Gasteiger partial charge in [-0.1, -0.05) is 48.5 Å². The third kappa shape index (κ3) is 4.87. The molecule has 1 unspecified atom stereocenters. The lowest BCUT2D eigenvalue weighted by Crippen LogP contribution is -2.36. The second kappa shape index (κ2) is 10.4. The minimum atomic E-state index is -0.476. The maximum absolute atomic E-state index is 13.8. The lowest BCUT2D eigenvalue weighted by Gasteiger charge is -2.29. The summed E-state index contributed by atoms with van der Waals surface area (Å²) in [6, 6.07) is 22.1. The van der Waals surface area contributed by atoms with Gasteiger partial charge in [0.15, 0.2) is 0 Å². The first-order valence-electron chi connectivity index (χ1n) is 11.6. The largest absolute Gasteiger partial charge is 0.495 e. The van der Waals surface area contributed by atoms with Gasteiger partial charge in [-0.05, 0) is 62.2 Å². The van der Waals surface area contributed by atoms with E-state index >= 15 is 0 Å². The van der Waals surface area contributed by atoms with E-state index in [1.165, 1.54) is 0 Å². The van der Waals surface area contributed by atoms with Gasteiger partial charge in [0.25, 0.3) is 5.56 Å². The highest BCUT2D eigenvalue weighted by Crippen LogP contribution is 2.28. The molecule has 3 aromatic carbocycles. The van der Waals surface area contributed by atoms with E-state index in [2.05, 4.69) is 0 Å². The van der Waals surface area contributed by atoms with Crippen LogP contribution in [0.25, 0.3) is 22.7 Å². The normalized spacial score (nSPS) is 12.1. The summed E-state index contributed by atoms with van der Waals surface area (Å²) in [6.07, 6.45) is 3.36. The maximum Gasteiger partial charge on any atom is 0.266 e. The molecule has 1 atom stereocenters. The Bertz CT molecular complexity index is 1440. The summed E-state index contributed by atoms with van der Waals surface area (Å²) >= 11 is 0. The first-order chi connectivity index (χ1) is 16.9. The average Bonchev–Trinajstić information content (AvgIpc) is 2.88. The number of ether oxygens (including phenoxy) is 1. The van der Waals surface area contributed by atoms with Crippen molar-refractivity contribution in [2.24, 2.45) is 0 Å². The molecule has 178 valence electrons. The zero-order valence-corrected chi connectivity index (χ0v) is 20.4. The van der Waals surface area contributed by atoms with Crippen LogP contribution in [0.3, 0.4) is 0 Å². The number of fused-ring (bicyclic) bond motifs is 1. The first-order valence-corrected chi connectivity index (χ1v) is 11.6. The molecule has 0 spiro atoms. The fourth-order valence-corrected chi connectivity index (χ4v) is 4.23. The predicted molar refractivity (Wildman–Crippen MR) is 140 cm³/mol. The number of likely N-dealkylation sites (N-methyl/N-ethyl adjacent to an activating group) is 1. The van der Waals surface area contributed by atoms with Gasteiger partial charge >= 0.3 is 0 Å². The SMILES string of the molecule is CCN(C(=O)/C=C/c1ccccc1)C(C)c1nc2ccccc2c(=O)n1-c1cc(C)ccc1OC. The van der Waals surface area contributed by atoms with E-state index in [4.69, 9.17) is 9.72 Å². The number of benzene rings is 3. The second-order valence-corrected chi connectivity index (χ2v) is 8.35. The fraction of sp³-hybridized carbons (Fsp3) is 0.207. The van der Waals surface area contributed by atoms with Crippen molar-refractivity contribution in [3.8, 4) is 11.4 Å². The Morgan fingerprint density at radius 3 is 2.51 bits per heavy atom. The molecular formula is C29H29N3O3. The van der Waals surface area contributed by atoms with Crippen LogP contribution in [0, 0.1) is 6.92 Å². The third-order valence-electron chi connectivity index (χ3n) is 6.06. The molecule has 0 bridgehead atoms. The molecule has 4 rings (SSSR count). The van der Waals surface area contributed by atoms with Crippen molar-refractivity contribution < 1.29 is 9.53 Å². The van der Waals surface area contributed by atoms with E-state index in [0.717, 1.165) is 11.1 Å². The molecule has 0 N–H and O–H groups in total. The smallest absolute Gasteiger partial charge is 0.266 e. The average molecular weight is 468 g/mol. The number of carbonyl (C=O) groups is 1. The highest BCUT2D eigenvalue weighted by atomic mass is 16.5. The van der Waals surface area contributed by atoms with Gasteiger partial charge in [-0.3, -0.25) is 14.2 Å². The van der Waals surface area contributed by atoms with Crippen molar-refractivity contribution in [3.05, 3.63) is 106 Å². The maximum atomic E-state index is 13.8. The molecule has 0 saturated heterocycles. The van der Waals surface area contributed by atoms with Crippen LogP contribution in [-0.4, -0.2) is 34.0 Å². The van der Waals surface area contributed by atoms with E-state index in [1.807, 2.05) is 87.5 Å². The standard InChI is InChI=1S/C29H29N3O3/c1-5-31(27(33)18-16-22-11-7-6-8-12-22)21(3)28-30-24-14-10-9-13-23(24)29(34)32(28)25-19-20(2)15-17-26(25)35-4/h6-19,21H,5H2,1-4H3/b18-16+. The molecule has 1 heterocycles. The Morgan fingerprint density at radius 2 is 1.80 bits per heavy atom. The van der Waals surface area contributed by atoms with Crippen molar-refractivity contribution in [2.45, 2.75) is 26.8 Å². The van der Waals surface area contributed by atoms with Crippen molar-refractivity contribution in [2.75, 3.05) is 13.7 Å². The summed E-state index contributed by atoms with van der Waals surface area (Å²) in [5.41, 5.74) is 2.90. The van der Waals surface area contributed by atoms with Crippen molar-refractivity contribution in [1.29, 1.82) is 0 Å². The van der Waals surface area contributed by atoms with Crippen LogP contribution < -0.4 is 10.3 Å². The molecule has 0 aliphatic carbocycles. The molecule has 35 heavy (non-hydrogen) atoms. The Kier molecular flexibility index (Phi) is 7.11. The van der Waals surface area contributed by atoms with Gasteiger partial charge in [0, 0.05) is 12.6 Å². The number of carbonyl (C=O) groups excluding carboxylic acids is 1. The topological polar surface area (TPSA) is 64.4 Å². The lowest BCUT2D eigenvalue weighted by atomic mass is 10.1. The number of para-hydroxylation sites is 1. The van der Waals surface area contributed by atoms with Gasteiger partial charge in [-0.25, -0.2) is 4.98 Å². The van der Waals surface area contributed by atoms with E-state index in [9.17, 15) is 9.59 Å². The molecule has 6 nitrogen and oxygen atoms in total. The van der Waals surface area contributed by atoms with Crippen molar-refractivity contribution >= 4 is 22.9 Å². The van der Waals surface area contributed by atoms with Gasteiger partial charge < -0.3 is 9.64 Å². The zero-order chi connectivity index (χ0) is 24.9. The Morgan fingerprint density at radius 1 is 1.09 bits per heavy atom. The van der Waals surface area contributed by atoms with Crippen LogP contribution in [0.5, 0.6) is 5.75 Å². The summed E-state index contributed by atoms with van der Waals surface area (Å²) < 4.78 is 7.18. The Hall–Kier alpha value is -4.19. The van der Waals surface area contributed by atoms with Gasteiger partial charge in [-0.15, -0.1) is 0 Å². The molecule has 0 saturated carbocycles. The highest BCUT2D eigenvalue weighted by molar-refractivity contribution is 5.92. The van der Waals surface area contributed by atoms with E-state index < -0.39 is 6.04 Å². The summed E-state index contributed by atoms with van der Waals surface area (Å²) in [6.45, 7) is 6.23. The number of amides is 1. The highest BCUT2D eigenvalue weighted by Gasteiger charge is 2.26. The molecule has 1 aromatic heterocycles. The van der Waals surface area contributed by atoms with Crippen LogP contribution >= 0.6 is 0 Å². The minimum absolute atomic E-state index is 0.158. The third-order valence-corrected chi connectivity index (χ3v) is 6.06. The number of aryl methyl sites for hydroxylation is 1. The van der Waals surface area contributed by atoms with Crippen LogP contribution in [0.1, 0.15) is 36.8 Å². The monoisotopic (exact) mass is 467 g/mol. The van der Waals surface area contributed by atoms with Crippen LogP contribution in [0.2, 0.25) is 0 Å². The van der Waals surface area contributed by atoms with Crippen molar-refractivity contribution in [3.63, 3.8) is 0 Å². The van der Waals surface area contributed by atoms with Crippen molar-refractivity contribution in [1.82, 2.24) is 14.5 Å². The van der Waals surface area contributed by atoms with E-state index in [-0.39, 0.29) is 11.5 Å². The number of hydrogen-bond donors (Lipinski definition) is 0. The molecule has 0 aliphatic heterocycles. The molecule has 4 aromatic rings. The van der Waals surface area contributed by atoms with Crippen LogP contribution in [0.15, 0.2) is 83.7 Å². The summed E-state index contributed by atoms with van der Waals surface area (Å²) in [5, 5.41) is 0.505. The molecule has 0 fully saturated rings. The van der Waals surface area contributed by atoms with Gasteiger partial charge in [0.05, 0.1) is 29.7 Å².